The van der Waals surface area contributed by atoms with Gasteiger partial charge in [-0.15, -0.1) is 0 Å². The van der Waals surface area contributed by atoms with Crippen LogP contribution in [0.3, 0.4) is 0 Å². The second-order valence-electron chi connectivity index (χ2n) is 6.33. The third kappa shape index (κ3) is 4.13. The lowest BCUT2D eigenvalue weighted by Crippen LogP contribution is -2.18. The molecule has 0 amide bonds. The maximum atomic E-state index is 3.85. The Kier molecular flexibility index (Phi) is 4.83. The fraction of sp³-hybridized carbons (Fsp3) is 0.625. The lowest BCUT2D eigenvalue weighted by molar-refractivity contribution is 0.246. The third-order valence-electron chi connectivity index (χ3n) is 3.80. The van der Waals surface area contributed by atoms with E-state index in [9.17, 15) is 0 Å². The summed E-state index contributed by atoms with van der Waals surface area (Å²) in [6.07, 6.45) is 1.19. The lowest BCUT2D eigenvalue weighted by atomic mass is 9.78. The number of hydrogen-bond acceptors (Lipinski definition) is 0. The van der Waals surface area contributed by atoms with E-state index in [4.69, 9.17) is 0 Å². The van der Waals surface area contributed by atoms with Gasteiger partial charge in [0, 0.05) is 4.83 Å². The molecule has 0 bridgehead atoms. The van der Waals surface area contributed by atoms with Crippen molar-refractivity contribution in [1.29, 1.82) is 0 Å². The minimum Gasteiger partial charge on any atom is -0.0839 e. The van der Waals surface area contributed by atoms with Crippen molar-refractivity contribution >= 4 is 15.9 Å². The molecule has 96 valence electrons. The van der Waals surface area contributed by atoms with Crippen LogP contribution in [0.2, 0.25) is 0 Å². The van der Waals surface area contributed by atoms with E-state index in [0.717, 1.165) is 0 Å². The summed E-state index contributed by atoms with van der Waals surface area (Å²) < 4.78 is 0. The van der Waals surface area contributed by atoms with Gasteiger partial charge in [-0.2, -0.15) is 0 Å². The van der Waals surface area contributed by atoms with Gasteiger partial charge in [0.15, 0.2) is 0 Å². The van der Waals surface area contributed by atoms with E-state index in [1.54, 1.807) is 0 Å². The Balaban J connectivity index is 2.80. The van der Waals surface area contributed by atoms with Gasteiger partial charge in [0.25, 0.3) is 0 Å². The molecular formula is C16H25Br. The molecule has 0 radical (unpaired) electrons. The number of aryl methyl sites for hydroxylation is 2. The number of hydrogen-bond donors (Lipinski definition) is 0. The summed E-state index contributed by atoms with van der Waals surface area (Å²) >= 11 is 3.85. The highest BCUT2D eigenvalue weighted by Crippen LogP contribution is 2.38. The average Bonchev–Trinajstić information content (AvgIpc) is 2.15. The first-order valence-corrected chi connectivity index (χ1v) is 7.34. The van der Waals surface area contributed by atoms with Crippen LogP contribution in [-0.2, 0) is 0 Å². The van der Waals surface area contributed by atoms with E-state index in [1.165, 1.54) is 23.1 Å². The number of halogens is 1. The van der Waals surface area contributed by atoms with Gasteiger partial charge in [-0.1, -0.05) is 67.4 Å². The van der Waals surface area contributed by atoms with Gasteiger partial charge < -0.3 is 0 Å². The molecule has 1 aromatic carbocycles. The zero-order valence-electron chi connectivity index (χ0n) is 12.0. The predicted molar refractivity (Wildman–Crippen MR) is 80.8 cm³/mol. The summed E-state index contributed by atoms with van der Waals surface area (Å²) in [5.41, 5.74) is 4.56. The molecule has 1 heteroatoms. The van der Waals surface area contributed by atoms with Gasteiger partial charge in [-0.3, -0.25) is 0 Å². The second kappa shape index (κ2) is 5.56. The van der Waals surface area contributed by atoms with E-state index < -0.39 is 0 Å². The molecule has 0 aliphatic heterocycles. The lowest BCUT2D eigenvalue weighted by Gasteiger charge is -2.29. The highest BCUT2D eigenvalue weighted by atomic mass is 79.9. The van der Waals surface area contributed by atoms with Crippen LogP contribution in [0.5, 0.6) is 0 Å². The van der Waals surface area contributed by atoms with Crippen LogP contribution in [0.25, 0.3) is 0 Å². The SMILES string of the molecule is Cc1ccc(C(Br)CC(C)C(C)(C)C)c(C)c1. The highest BCUT2D eigenvalue weighted by molar-refractivity contribution is 9.09. The largest absolute Gasteiger partial charge is 0.0839 e. The molecule has 0 saturated carbocycles. The fourth-order valence-electron chi connectivity index (χ4n) is 1.97. The monoisotopic (exact) mass is 296 g/mol. The number of alkyl halides is 1. The van der Waals surface area contributed by atoms with Crippen molar-refractivity contribution in [1.82, 2.24) is 0 Å². The molecule has 0 aromatic heterocycles. The van der Waals surface area contributed by atoms with Crippen molar-refractivity contribution in [3.8, 4) is 0 Å². The minimum atomic E-state index is 0.380. The highest BCUT2D eigenvalue weighted by Gasteiger charge is 2.23. The number of rotatable bonds is 3. The molecule has 0 spiro atoms. The first kappa shape index (κ1) is 14.8. The van der Waals surface area contributed by atoms with Crippen LogP contribution in [0.15, 0.2) is 18.2 Å². The van der Waals surface area contributed by atoms with Crippen molar-refractivity contribution < 1.29 is 0 Å². The molecule has 0 N–H and O–H groups in total. The Morgan fingerprint density at radius 3 is 2.24 bits per heavy atom. The van der Waals surface area contributed by atoms with Crippen LogP contribution in [0, 0.1) is 25.2 Å². The van der Waals surface area contributed by atoms with Crippen molar-refractivity contribution in [3.63, 3.8) is 0 Å². The maximum absolute atomic E-state index is 3.85. The smallest absolute Gasteiger partial charge is 0.0400 e. The topological polar surface area (TPSA) is 0 Å². The molecule has 2 unspecified atom stereocenters. The normalized spacial score (nSPS) is 15.7. The molecule has 1 rings (SSSR count). The van der Waals surface area contributed by atoms with E-state index in [0.29, 0.717) is 16.2 Å². The Labute approximate surface area is 115 Å². The van der Waals surface area contributed by atoms with Crippen molar-refractivity contribution in [3.05, 3.63) is 34.9 Å². The first-order chi connectivity index (χ1) is 7.71. The Hall–Kier alpha value is -0.300. The summed E-state index contributed by atoms with van der Waals surface area (Å²) in [7, 11) is 0. The zero-order valence-corrected chi connectivity index (χ0v) is 13.6. The summed E-state index contributed by atoms with van der Waals surface area (Å²) in [6.45, 7) is 13.7. The number of benzene rings is 1. The average molecular weight is 297 g/mol. The second-order valence-corrected chi connectivity index (χ2v) is 7.44. The molecule has 0 nitrogen and oxygen atoms in total. The Morgan fingerprint density at radius 1 is 1.18 bits per heavy atom. The van der Waals surface area contributed by atoms with Crippen molar-refractivity contribution in [2.75, 3.05) is 0 Å². The molecular weight excluding hydrogens is 272 g/mol. The molecule has 17 heavy (non-hydrogen) atoms. The van der Waals surface area contributed by atoms with Gasteiger partial charge in [0.05, 0.1) is 0 Å². The Bertz CT molecular complexity index is 374. The quantitative estimate of drug-likeness (QED) is 0.617. The summed E-state index contributed by atoms with van der Waals surface area (Å²) in [4.78, 5) is 0.470. The van der Waals surface area contributed by atoms with E-state index in [-0.39, 0.29) is 0 Å². The molecule has 2 atom stereocenters. The van der Waals surface area contributed by atoms with Crippen LogP contribution >= 0.6 is 15.9 Å². The zero-order chi connectivity index (χ0) is 13.2. The molecule has 0 heterocycles. The summed E-state index contributed by atoms with van der Waals surface area (Å²) in [6, 6.07) is 6.74. The van der Waals surface area contributed by atoms with Crippen molar-refractivity contribution in [2.45, 2.75) is 52.8 Å². The molecule has 0 fully saturated rings. The van der Waals surface area contributed by atoms with Crippen molar-refractivity contribution in [2.24, 2.45) is 11.3 Å². The Morgan fingerprint density at radius 2 is 1.76 bits per heavy atom. The summed E-state index contributed by atoms with van der Waals surface area (Å²) in [5.74, 6) is 0.701. The van der Waals surface area contributed by atoms with Crippen LogP contribution in [-0.4, -0.2) is 0 Å². The van der Waals surface area contributed by atoms with Gasteiger partial charge in [-0.05, 0) is 42.7 Å². The first-order valence-electron chi connectivity index (χ1n) is 6.43. The molecule has 0 aliphatic rings. The van der Waals surface area contributed by atoms with E-state index in [1.807, 2.05) is 0 Å². The van der Waals surface area contributed by atoms with E-state index >= 15 is 0 Å². The summed E-state index contributed by atoms with van der Waals surface area (Å²) in [5, 5.41) is 0. The minimum absolute atomic E-state index is 0.380. The van der Waals surface area contributed by atoms with Gasteiger partial charge in [0.1, 0.15) is 0 Å². The third-order valence-corrected chi connectivity index (χ3v) is 4.67. The maximum Gasteiger partial charge on any atom is 0.0400 e. The van der Waals surface area contributed by atoms with E-state index in [2.05, 4.69) is 75.7 Å². The molecule has 0 aliphatic carbocycles. The van der Waals surface area contributed by atoms with Gasteiger partial charge in [0.2, 0.25) is 0 Å². The van der Waals surface area contributed by atoms with Crippen LogP contribution < -0.4 is 0 Å². The van der Waals surface area contributed by atoms with Gasteiger partial charge in [-0.25, -0.2) is 0 Å². The molecule has 1 aromatic rings. The predicted octanol–water partition coefficient (Wildman–Crippen LogP) is 5.81. The van der Waals surface area contributed by atoms with Crippen LogP contribution in [0.1, 0.15) is 55.6 Å². The fourth-order valence-corrected chi connectivity index (χ4v) is 3.04. The van der Waals surface area contributed by atoms with Gasteiger partial charge >= 0.3 is 0 Å². The standard InChI is InChI=1S/C16H25Br/c1-11-7-8-14(12(2)9-11)15(17)10-13(3)16(4,5)6/h7-9,13,15H,10H2,1-6H3. The van der Waals surface area contributed by atoms with Crippen LogP contribution in [0.4, 0.5) is 0 Å². The molecule has 0 saturated heterocycles.